The summed E-state index contributed by atoms with van der Waals surface area (Å²) >= 11 is 0. The molecule has 0 unspecified atom stereocenters. The minimum Gasteiger partial charge on any atom is -0.479 e. The zero-order valence-electron chi connectivity index (χ0n) is 22.8. The number of hydrogen-bond acceptors (Lipinski definition) is 8. The minimum absolute atomic E-state index is 0.377. The van der Waals surface area contributed by atoms with Gasteiger partial charge in [-0.05, 0) is 43.1 Å². The second kappa shape index (κ2) is 12.8. The first-order chi connectivity index (χ1) is 17.7. The Balaban J connectivity index is 2.20. The third-order valence-corrected chi connectivity index (χ3v) is 11.1. The standard InChI is InChI=1S/C28H36O9Si/c1-18(24(29)30)34-25(31)19(2)35-26(32)20(3)36-27(33)21(4)37-38(28(5,6)7,22-14-10-8-11-15-22)23-16-12-9-13-17-23/h8-21H,1-7H3,(H,29,30)/t18-,19-,20-,21+/m1/s1. The SMILES string of the molecule is C[C@H](O[Si](c1ccccc1)(c1ccccc1)C(C)(C)C)C(=O)O[C@H](C)C(=O)O[C@H](C)C(=O)O[C@H](C)C(=O)O. The van der Waals surface area contributed by atoms with Crippen LogP contribution in [-0.2, 0) is 37.8 Å². The third-order valence-electron chi connectivity index (χ3n) is 5.99. The van der Waals surface area contributed by atoms with E-state index in [0.29, 0.717) is 0 Å². The Morgan fingerprint density at radius 2 is 0.974 bits per heavy atom. The molecule has 0 radical (unpaired) electrons. The highest BCUT2D eigenvalue weighted by Gasteiger charge is 2.52. The first kappa shape index (κ1) is 30.7. The second-order valence-corrected chi connectivity index (χ2v) is 14.3. The maximum absolute atomic E-state index is 13.1. The van der Waals surface area contributed by atoms with Gasteiger partial charge >= 0.3 is 23.9 Å². The van der Waals surface area contributed by atoms with E-state index in [4.69, 9.17) is 23.7 Å². The fourth-order valence-electron chi connectivity index (χ4n) is 3.96. The molecule has 9 nitrogen and oxygen atoms in total. The smallest absolute Gasteiger partial charge is 0.347 e. The maximum atomic E-state index is 13.1. The van der Waals surface area contributed by atoms with Gasteiger partial charge in [-0.1, -0.05) is 81.4 Å². The second-order valence-electron chi connectivity index (χ2n) is 10.00. The van der Waals surface area contributed by atoms with Crippen molar-refractivity contribution >= 4 is 42.6 Å². The number of carbonyl (C=O) groups is 4. The Morgan fingerprint density at radius 3 is 1.32 bits per heavy atom. The minimum atomic E-state index is -3.05. The molecule has 38 heavy (non-hydrogen) atoms. The van der Waals surface area contributed by atoms with Gasteiger partial charge in [-0.2, -0.15) is 0 Å². The van der Waals surface area contributed by atoms with E-state index in [1.54, 1.807) is 6.92 Å². The molecule has 0 heterocycles. The van der Waals surface area contributed by atoms with Gasteiger partial charge in [-0.3, -0.25) is 0 Å². The Morgan fingerprint density at radius 1 is 0.632 bits per heavy atom. The molecule has 206 valence electrons. The molecule has 0 spiro atoms. The van der Waals surface area contributed by atoms with Crippen molar-refractivity contribution in [2.24, 2.45) is 0 Å². The van der Waals surface area contributed by atoms with Crippen LogP contribution >= 0.6 is 0 Å². The van der Waals surface area contributed by atoms with Gasteiger partial charge in [0.05, 0.1) is 0 Å². The molecule has 2 aromatic rings. The lowest BCUT2D eigenvalue weighted by molar-refractivity contribution is -0.182. The van der Waals surface area contributed by atoms with Crippen molar-refractivity contribution in [1.29, 1.82) is 0 Å². The summed E-state index contributed by atoms with van der Waals surface area (Å²) < 4.78 is 21.7. The summed E-state index contributed by atoms with van der Waals surface area (Å²) in [6.45, 7) is 11.5. The third kappa shape index (κ3) is 7.29. The van der Waals surface area contributed by atoms with Crippen molar-refractivity contribution < 1.29 is 42.9 Å². The van der Waals surface area contributed by atoms with Crippen molar-refractivity contribution in [2.45, 2.75) is 77.9 Å². The molecular formula is C28H36O9Si. The van der Waals surface area contributed by atoms with Gasteiger partial charge in [0.15, 0.2) is 18.3 Å². The first-order valence-electron chi connectivity index (χ1n) is 12.3. The van der Waals surface area contributed by atoms with Crippen LogP contribution in [0.3, 0.4) is 0 Å². The number of esters is 3. The van der Waals surface area contributed by atoms with Gasteiger partial charge in [0.25, 0.3) is 8.32 Å². The fourth-order valence-corrected chi connectivity index (χ4v) is 8.60. The van der Waals surface area contributed by atoms with E-state index in [9.17, 15) is 19.2 Å². The molecule has 0 saturated heterocycles. The zero-order valence-corrected chi connectivity index (χ0v) is 23.8. The molecule has 4 atom stereocenters. The summed E-state index contributed by atoms with van der Waals surface area (Å²) in [5.74, 6) is -4.12. The average Bonchev–Trinajstić information content (AvgIpc) is 2.86. The van der Waals surface area contributed by atoms with Crippen molar-refractivity contribution in [2.75, 3.05) is 0 Å². The summed E-state index contributed by atoms with van der Waals surface area (Å²) in [5.41, 5.74) is 0. The quantitative estimate of drug-likeness (QED) is 0.258. The first-order valence-corrected chi connectivity index (χ1v) is 14.2. The summed E-state index contributed by atoms with van der Waals surface area (Å²) in [4.78, 5) is 48.4. The topological polar surface area (TPSA) is 125 Å². The number of benzene rings is 2. The summed E-state index contributed by atoms with van der Waals surface area (Å²) in [6.07, 6.45) is -5.18. The number of carbonyl (C=O) groups excluding carboxylic acids is 3. The van der Waals surface area contributed by atoms with Crippen LogP contribution < -0.4 is 10.4 Å². The van der Waals surface area contributed by atoms with Crippen LogP contribution in [0.4, 0.5) is 0 Å². The summed E-state index contributed by atoms with van der Waals surface area (Å²) in [5, 5.41) is 10.4. The van der Waals surface area contributed by atoms with Crippen LogP contribution in [0, 0.1) is 0 Å². The molecule has 10 heteroatoms. The molecule has 0 aliphatic rings. The van der Waals surface area contributed by atoms with Gasteiger partial charge in [-0.25, -0.2) is 19.2 Å². The van der Waals surface area contributed by atoms with E-state index in [2.05, 4.69) is 20.8 Å². The van der Waals surface area contributed by atoms with E-state index in [1.807, 2.05) is 60.7 Å². The van der Waals surface area contributed by atoms with Crippen LogP contribution in [0.15, 0.2) is 60.7 Å². The van der Waals surface area contributed by atoms with Gasteiger partial charge in [0.2, 0.25) is 0 Å². The van der Waals surface area contributed by atoms with Crippen LogP contribution in [0.2, 0.25) is 5.04 Å². The predicted octanol–water partition coefficient (Wildman–Crippen LogP) is 2.83. The van der Waals surface area contributed by atoms with Gasteiger partial charge in [0, 0.05) is 0 Å². The Bertz CT molecular complexity index is 1070. The average molecular weight is 545 g/mol. The largest absolute Gasteiger partial charge is 0.479 e. The van der Waals surface area contributed by atoms with E-state index in [-0.39, 0.29) is 5.04 Å². The van der Waals surface area contributed by atoms with Gasteiger partial charge < -0.3 is 23.7 Å². The van der Waals surface area contributed by atoms with E-state index in [1.165, 1.54) is 20.8 Å². The molecule has 0 aromatic heterocycles. The van der Waals surface area contributed by atoms with E-state index < -0.39 is 56.6 Å². The Labute approximate surface area is 224 Å². The molecule has 1 N–H and O–H groups in total. The fraction of sp³-hybridized carbons (Fsp3) is 0.429. The van der Waals surface area contributed by atoms with Crippen LogP contribution in [0.5, 0.6) is 0 Å². The molecular weight excluding hydrogens is 508 g/mol. The Kier molecular flexibility index (Phi) is 10.4. The van der Waals surface area contributed by atoms with Crippen molar-refractivity contribution in [3.8, 4) is 0 Å². The number of ether oxygens (including phenoxy) is 3. The highest BCUT2D eigenvalue weighted by Crippen LogP contribution is 2.37. The van der Waals surface area contributed by atoms with Gasteiger partial charge in [0.1, 0.15) is 6.10 Å². The van der Waals surface area contributed by atoms with Crippen molar-refractivity contribution in [3.05, 3.63) is 60.7 Å². The number of hydrogen-bond donors (Lipinski definition) is 1. The Hall–Kier alpha value is -3.50. The van der Waals surface area contributed by atoms with Crippen molar-refractivity contribution in [1.82, 2.24) is 0 Å². The maximum Gasteiger partial charge on any atom is 0.347 e. The monoisotopic (exact) mass is 544 g/mol. The summed E-state index contributed by atoms with van der Waals surface area (Å²) in [6, 6.07) is 19.5. The molecule has 0 fully saturated rings. The van der Waals surface area contributed by atoms with Crippen LogP contribution in [0.25, 0.3) is 0 Å². The molecule has 0 aliphatic carbocycles. The lowest BCUT2D eigenvalue weighted by atomic mass is 10.2. The number of carboxylic acid groups (broad SMARTS) is 1. The number of carboxylic acids is 1. The normalized spacial score (nSPS) is 14.9. The lowest BCUT2D eigenvalue weighted by Crippen LogP contribution is -2.68. The molecule has 0 saturated carbocycles. The van der Waals surface area contributed by atoms with Crippen molar-refractivity contribution in [3.63, 3.8) is 0 Å². The molecule has 2 aromatic carbocycles. The predicted molar refractivity (Wildman–Crippen MR) is 142 cm³/mol. The van der Waals surface area contributed by atoms with Gasteiger partial charge in [-0.15, -0.1) is 0 Å². The van der Waals surface area contributed by atoms with E-state index in [0.717, 1.165) is 10.4 Å². The molecule has 0 aliphatic heterocycles. The van der Waals surface area contributed by atoms with Crippen LogP contribution in [-0.4, -0.2) is 61.7 Å². The highest BCUT2D eigenvalue weighted by atomic mass is 28.4. The zero-order chi connectivity index (χ0) is 28.7. The molecule has 0 bridgehead atoms. The summed E-state index contributed by atoms with van der Waals surface area (Å²) in [7, 11) is -3.05. The number of rotatable bonds is 11. The molecule has 0 amide bonds. The lowest BCUT2D eigenvalue weighted by Gasteiger charge is -2.44. The highest BCUT2D eigenvalue weighted by molar-refractivity contribution is 6.99. The van der Waals surface area contributed by atoms with Crippen LogP contribution in [0.1, 0.15) is 48.5 Å². The number of aliphatic carboxylic acids is 1. The van der Waals surface area contributed by atoms with E-state index >= 15 is 0 Å². The molecule has 2 rings (SSSR count).